The number of hydrogen-bond donors (Lipinski definition) is 0. The summed E-state index contributed by atoms with van der Waals surface area (Å²) in [6.07, 6.45) is -0.125. The molecule has 0 bridgehead atoms. The molecule has 0 unspecified atom stereocenters. The Balaban J connectivity index is 1.52. The Morgan fingerprint density at radius 2 is 1.61 bits per heavy atom. The van der Waals surface area contributed by atoms with Crippen LogP contribution in [0.2, 0.25) is 0 Å². The van der Waals surface area contributed by atoms with Crippen LogP contribution < -0.4 is 4.90 Å². The van der Waals surface area contributed by atoms with E-state index in [0.29, 0.717) is 45.0 Å². The van der Waals surface area contributed by atoms with Crippen LogP contribution in [-0.2, 0) is 16.1 Å². The van der Waals surface area contributed by atoms with Crippen molar-refractivity contribution in [3.63, 3.8) is 0 Å². The Morgan fingerprint density at radius 3 is 2.25 bits per heavy atom. The average molecular weight is 383 g/mol. The first kappa shape index (κ1) is 19.9. The summed E-state index contributed by atoms with van der Waals surface area (Å²) in [5, 5.41) is 0. The molecule has 1 saturated heterocycles. The van der Waals surface area contributed by atoms with E-state index in [-0.39, 0.29) is 24.1 Å². The van der Waals surface area contributed by atoms with Crippen molar-refractivity contribution in [2.45, 2.75) is 19.9 Å². The lowest BCUT2D eigenvalue weighted by Gasteiger charge is -2.36. The maximum absolute atomic E-state index is 13.9. The number of carbonyl (C=O) groups is 2. The zero-order chi connectivity index (χ0) is 19.9. The zero-order valence-corrected chi connectivity index (χ0v) is 16.2. The fourth-order valence-electron chi connectivity index (χ4n) is 3.44. The minimum absolute atomic E-state index is 0.125. The SMILES string of the molecule is CCN(Cc1ccccc1)C(=O)CC(=O)N1CCN(c2ccccc2F)CC1. The molecule has 0 aromatic heterocycles. The molecule has 0 spiro atoms. The molecule has 2 aromatic rings. The standard InChI is InChI=1S/C22H26FN3O2/c1-2-24(17-18-8-4-3-5-9-18)21(27)16-22(28)26-14-12-25(13-15-26)20-11-7-6-10-19(20)23/h3-11H,2,12-17H2,1H3. The van der Waals surface area contributed by atoms with Crippen molar-refractivity contribution >= 4 is 17.5 Å². The minimum atomic E-state index is -0.253. The molecular weight excluding hydrogens is 357 g/mol. The van der Waals surface area contributed by atoms with Crippen LogP contribution >= 0.6 is 0 Å². The fourth-order valence-corrected chi connectivity index (χ4v) is 3.44. The first-order chi connectivity index (χ1) is 13.6. The molecule has 6 heteroatoms. The minimum Gasteiger partial charge on any atom is -0.366 e. The molecule has 1 fully saturated rings. The van der Waals surface area contributed by atoms with Crippen molar-refractivity contribution in [3.8, 4) is 0 Å². The van der Waals surface area contributed by atoms with E-state index in [0.717, 1.165) is 5.56 Å². The molecular formula is C22H26FN3O2. The summed E-state index contributed by atoms with van der Waals surface area (Å²) in [5.74, 6) is -0.575. The molecule has 0 N–H and O–H groups in total. The topological polar surface area (TPSA) is 43.9 Å². The van der Waals surface area contributed by atoms with Gasteiger partial charge in [-0.1, -0.05) is 42.5 Å². The molecule has 0 aliphatic carbocycles. The summed E-state index contributed by atoms with van der Waals surface area (Å²) in [7, 11) is 0. The van der Waals surface area contributed by atoms with Gasteiger partial charge in [0.05, 0.1) is 5.69 Å². The molecule has 3 rings (SSSR count). The van der Waals surface area contributed by atoms with E-state index < -0.39 is 0 Å². The van der Waals surface area contributed by atoms with Gasteiger partial charge < -0.3 is 14.7 Å². The van der Waals surface area contributed by atoms with Crippen molar-refractivity contribution in [2.24, 2.45) is 0 Å². The normalized spacial score (nSPS) is 14.1. The lowest BCUT2D eigenvalue weighted by atomic mass is 10.2. The number of piperazine rings is 1. The van der Waals surface area contributed by atoms with E-state index in [2.05, 4.69) is 0 Å². The van der Waals surface area contributed by atoms with Crippen molar-refractivity contribution in [3.05, 3.63) is 66.0 Å². The third kappa shape index (κ3) is 4.88. The quantitative estimate of drug-likeness (QED) is 0.721. The highest BCUT2D eigenvalue weighted by atomic mass is 19.1. The summed E-state index contributed by atoms with van der Waals surface area (Å²) in [6.45, 7) is 5.08. The predicted octanol–water partition coefficient (Wildman–Crippen LogP) is 2.91. The average Bonchev–Trinajstić information content (AvgIpc) is 2.73. The number of hydrogen-bond acceptors (Lipinski definition) is 3. The highest BCUT2D eigenvalue weighted by Crippen LogP contribution is 2.20. The van der Waals surface area contributed by atoms with Gasteiger partial charge in [-0.2, -0.15) is 0 Å². The van der Waals surface area contributed by atoms with E-state index in [1.807, 2.05) is 42.2 Å². The molecule has 2 amide bonds. The van der Waals surface area contributed by atoms with Gasteiger partial charge in [-0.25, -0.2) is 4.39 Å². The molecule has 5 nitrogen and oxygen atoms in total. The Hall–Kier alpha value is -2.89. The smallest absolute Gasteiger partial charge is 0.232 e. The Labute approximate surface area is 165 Å². The molecule has 28 heavy (non-hydrogen) atoms. The maximum Gasteiger partial charge on any atom is 0.232 e. The van der Waals surface area contributed by atoms with Crippen molar-refractivity contribution in [1.29, 1.82) is 0 Å². The Kier molecular flexibility index (Phi) is 6.63. The largest absolute Gasteiger partial charge is 0.366 e. The van der Waals surface area contributed by atoms with E-state index in [1.54, 1.807) is 28.0 Å². The summed E-state index contributed by atoms with van der Waals surface area (Å²) >= 11 is 0. The number of halogens is 1. The summed E-state index contributed by atoms with van der Waals surface area (Å²) in [5.41, 5.74) is 1.61. The summed E-state index contributed by atoms with van der Waals surface area (Å²) in [6, 6.07) is 16.4. The molecule has 1 heterocycles. The zero-order valence-electron chi connectivity index (χ0n) is 16.2. The van der Waals surface area contributed by atoms with Crippen molar-refractivity contribution in [1.82, 2.24) is 9.80 Å². The van der Waals surface area contributed by atoms with Gasteiger partial charge in [0.15, 0.2) is 0 Å². The summed E-state index contributed by atoms with van der Waals surface area (Å²) in [4.78, 5) is 30.5. The number of carbonyl (C=O) groups excluding carboxylic acids is 2. The number of rotatable bonds is 6. The van der Waals surface area contributed by atoms with E-state index in [1.165, 1.54) is 6.07 Å². The number of anilines is 1. The number of amides is 2. The van der Waals surface area contributed by atoms with Crippen LogP contribution in [0.3, 0.4) is 0 Å². The van der Waals surface area contributed by atoms with Gasteiger partial charge in [-0.3, -0.25) is 9.59 Å². The molecule has 0 atom stereocenters. The second-order valence-corrected chi connectivity index (χ2v) is 6.89. The van der Waals surface area contributed by atoms with Crippen molar-refractivity contribution in [2.75, 3.05) is 37.6 Å². The second-order valence-electron chi connectivity index (χ2n) is 6.89. The van der Waals surface area contributed by atoms with Crippen LogP contribution in [0.5, 0.6) is 0 Å². The number of benzene rings is 2. The third-order valence-corrected chi connectivity index (χ3v) is 5.08. The van der Waals surface area contributed by atoms with Gasteiger partial charge in [-0.15, -0.1) is 0 Å². The molecule has 1 aliphatic rings. The molecule has 2 aromatic carbocycles. The van der Waals surface area contributed by atoms with Crippen LogP contribution in [-0.4, -0.2) is 54.3 Å². The van der Waals surface area contributed by atoms with Crippen LogP contribution in [0.15, 0.2) is 54.6 Å². The Morgan fingerprint density at radius 1 is 0.964 bits per heavy atom. The first-order valence-corrected chi connectivity index (χ1v) is 9.67. The van der Waals surface area contributed by atoms with Crippen LogP contribution in [0.4, 0.5) is 10.1 Å². The van der Waals surface area contributed by atoms with Crippen molar-refractivity contribution < 1.29 is 14.0 Å². The lowest BCUT2D eigenvalue weighted by molar-refractivity contribution is -0.141. The highest BCUT2D eigenvalue weighted by molar-refractivity contribution is 5.97. The van der Waals surface area contributed by atoms with Gasteiger partial charge in [0, 0.05) is 39.3 Å². The lowest BCUT2D eigenvalue weighted by Crippen LogP contribution is -2.50. The first-order valence-electron chi connectivity index (χ1n) is 9.67. The molecule has 0 saturated carbocycles. The van der Waals surface area contributed by atoms with E-state index >= 15 is 0 Å². The Bertz CT molecular complexity index is 804. The molecule has 0 radical (unpaired) electrons. The molecule has 1 aliphatic heterocycles. The van der Waals surface area contributed by atoms with E-state index in [9.17, 15) is 14.0 Å². The van der Waals surface area contributed by atoms with Crippen LogP contribution in [0.1, 0.15) is 18.9 Å². The van der Waals surface area contributed by atoms with Gasteiger partial charge in [-0.05, 0) is 24.6 Å². The van der Waals surface area contributed by atoms with Gasteiger partial charge in [0.1, 0.15) is 12.2 Å². The molecule has 148 valence electrons. The van der Waals surface area contributed by atoms with Gasteiger partial charge in [0.2, 0.25) is 11.8 Å². The fraction of sp³-hybridized carbons (Fsp3) is 0.364. The number of para-hydroxylation sites is 1. The second kappa shape index (κ2) is 9.35. The maximum atomic E-state index is 13.9. The van der Waals surface area contributed by atoms with Gasteiger partial charge >= 0.3 is 0 Å². The predicted molar refractivity (Wildman–Crippen MR) is 107 cm³/mol. The number of nitrogens with zero attached hydrogens (tertiary/aromatic N) is 3. The van der Waals surface area contributed by atoms with Crippen LogP contribution in [0, 0.1) is 5.82 Å². The van der Waals surface area contributed by atoms with Gasteiger partial charge in [0.25, 0.3) is 0 Å². The van der Waals surface area contributed by atoms with E-state index in [4.69, 9.17) is 0 Å². The third-order valence-electron chi connectivity index (χ3n) is 5.08. The van der Waals surface area contributed by atoms with Crippen LogP contribution in [0.25, 0.3) is 0 Å². The highest BCUT2D eigenvalue weighted by Gasteiger charge is 2.25. The summed E-state index contributed by atoms with van der Waals surface area (Å²) < 4.78 is 13.9. The monoisotopic (exact) mass is 383 g/mol.